The van der Waals surface area contributed by atoms with Crippen LogP contribution in [0.4, 0.5) is 18.3 Å². The van der Waals surface area contributed by atoms with Crippen LogP contribution in [0, 0.1) is 0 Å². The number of nitrogens with zero attached hydrogens (tertiary/aromatic N) is 3. The minimum absolute atomic E-state index is 0.0385. The molecular formula is C15H15ClF3N3O2S2. The Kier molecular flexibility index (Phi) is 5.19. The van der Waals surface area contributed by atoms with E-state index in [0.29, 0.717) is 24.2 Å². The van der Waals surface area contributed by atoms with Crippen LogP contribution in [0.15, 0.2) is 29.2 Å². The Morgan fingerprint density at radius 1 is 1.31 bits per heavy atom. The third kappa shape index (κ3) is 3.54. The summed E-state index contributed by atoms with van der Waals surface area (Å²) in [6, 6.07) is 5.93. The average Bonchev–Trinajstić information content (AvgIpc) is 3.21. The molecule has 0 spiro atoms. The van der Waals surface area contributed by atoms with Gasteiger partial charge in [-0.2, -0.15) is 13.2 Å². The van der Waals surface area contributed by atoms with Crippen molar-refractivity contribution < 1.29 is 21.6 Å². The fourth-order valence-corrected chi connectivity index (χ4v) is 6.07. The highest BCUT2D eigenvalue weighted by Gasteiger charge is 2.43. The van der Waals surface area contributed by atoms with E-state index in [4.69, 9.17) is 11.6 Å². The van der Waals surface area contributed by atoms with E-state index in [1.807, 2.05) is 6.92 Å². The van der Waals surface area contributed by atoms with Gasteiger partial charge in [0.1, 0.15) is 0 Å². The van der Waals surface area contributed by atoms with Gasteiger partial charge < -0.3 is 4.90 Å². The van der Waals surface area contributed by atoms with Gasteiger partial charge in [0.25, 0.3) is 0 Å². The number of anilines is 1. The maximum absolute atomic E-state index is 12.9. The molecule has 1 aliphatic rings. The Morgan fingerprint density at radius 3 is 2.58 bits per heavy atom. The minimum Gasteiger partial charge on any atom is -0.342 e. The third-order valence-corrected chi connectivity index (χ3v) is 7.97. The molecule has 2 atom stereocenters. The maximum atomic E-state index is 12.9. The van der Waals surface area contributed by atoms with Gasteiger partial charge in [0.2, 0.25) is 10.1 Å². The predicted octanol–water partition coefficient (Wildman–Crippen LogP) is 4.04. The Morgan fingerprint density at radius 2 is 2.00 bits per heavy atom. The van der Waals surface area contributed by atoms with Crippen molar-refractivity contribution in [2.75, 3.05) is 11.4 Å². The van der Waals surface area contributed by atoms with Crippen LogP contribution in [-0.4, -0.2) is 36.5 Å². The molecule has 1 aromatic heterocycles. The molecule has 0 N–H and O–H groups in total. The van der Waals surface area contributed by atoms with E-state index in [2.05, 4.69) is 10.2 Å². The number of rotatable bonds is 4. The Hall–Kier alpha value is -1.39. The van der Waals surface area contributed by atoms with Crippen molar-refractivity contribution in [3.8, 4) is 0 Å². The lowest BCUT2D eigenvalue weighted by atomic mass is 10.2. The van der Waals surface area contributed by atoms with Crippen LogP contribution in [0.5, 0.6) is 0 Å². The quantitative estimate of drug-likeness (QED) is 0.739. The monoisotopic (exact) mass is 425 g/mol. The first-order valence-electron chi connectivity index (χ1n) is 7.80. The van der Waals surface area contributed by atoms with Crippen LogP contribution in [0.3, 0.4) is 0 Å². The van der Waals surface area contributed by atoms with Gasteiger partial charge >= 0.3 is 6.18 Å². The molecule has 11 heteroatoms. The number of halogens is 4. The summed E-state index contributed by atoms with van der Waals surface area (Å²) in [6.07, 6.45) is -3.69. The summed E-state index contributed by atoms with van der Waals surface area (Å²) in [5, 5.41) is 5.22. The van der Waals surface area contributed by atoms with Crippen LogP contribution in [0.25, 0.3) is 0 Å². The molecule has 0 radical (unpaired) electrons. The first kappa shape index (κ1) is 19.4. The van der Waals surface area contributed by atoms with Crippen LogP contribution in [0.2, 0.25) is 5.02 Å². The first-order valence-corrected chi connectivity index (χ1v) is 10.5. The Bertz CT molecular complexity index is 902. The molecule has 0 bridgehead atoms. The first-order chi connectivity index (χ1) is 12.1. The molecule has 1 fully saturated rings. The van der Waals surface area contributed by atoms with Gasteiger partial charge in [-0.1, -0.05) is 42.0 Å². The van der Waals surface area contributed by atoms with Gasteiger partial charge in [-0.3, -0.25) is 0 Å². The van der Waals surface area contributed by atoms with Gasteiger partial charge in [0.15, 0.2) is 9.84 Å². The van der Waals surface area contributed by atoms with E-state index < -0.39 is 26.3 Å². The van der Waals surface area contributed by atoms with Gasteiger partial charge in [0.05, 0.1) is 15.2 Å². The van der Waals surface area contributed by atoms with Crippen LogP contribution in [0.1, 0.15) is 24.8 Å². The van der Waals surface area contributed by atoms with Crippen molar-refractivity contribution in [1.29, 1.82) is 0 Å². The summed E-state index contributed by atoms with van der Waals surface area (Å²) >= 11 is 6.45. The van der Waals surface area contributed by atoms with E-state index in [9.17, 15) is 21.6 Å². The topological polar surface area (TPSA) is 63.2 Å². The Balaban J connectivity index is 1.90. The fraction of sp³-hybridized carbons (Fsp3) is 0.467. The number of aromatic nitrogens is 2. The molecular weight excluding hydrogens is 411 g/mol. The van der Waals surface area contributed by atoms with E-state index >= 15 is 0 Å². The van der Waals surface area contributed by atoms with E-state index in [0.717, 1.165) is 0 Å². The molecule has 26 heavy (non-hydrogen) atoms. The smallest absolute Gasteiger partial charge is 0.342 e. The van der Waals surface area contributed by atoms with Gasteiger partial charge in [-0.25, -0.2) is 8.42 Å². The molecule has 2 aromatic rings. The molecule has 1 aliphatic heterocycles. The zero-order chi connectivity index (χ0) is 19.1. The second kappa shape index (κ2) is 6.97. The third-order valence-electron chi connectivity index (χ3n) is 4.33. The number of hydrogen-bond donors (Lipinski definition) is 0. The average molecular weight is 426 g/mol. The van der Waals surface area contributed by atoms with Crippen molar-refractivity contribution >= 4 is 37.9 Å². The van der Waals surface area contributed by atoms with Gasteiger partial charge in [0, 0.05) is 12.6 Å². The summed E-state index contributed by atoms with van der Waals surface area (Å²) in [6.45, 7) is 1.91. The zero-order valence-corrected chi connectivity index (χ0v) is 16.0. The number of sulfone groups is 1. The molecule has 0 aliphatic carbocycles. The largest absolute Gasteiger partial charge is 0.445 e. The molecule has 1 aromatic carbocycles. The normalized spacial score (nSPS) is 21.3. The fourth-order valence-electron chi connectivity index (χ4n) is 3.02. The van der Waals surface area contributed by atoms with Crippen LogP contribution >= 0.6 is 22.9 Å². The number of alkyl halides is 3. The lowest BCUT2D eigenvalue weighted by Crippen LogP contribution is -2.30. The van der Waals surface area contributed by atoms with E-state index in [1.165, 1.54) is 12.1 Å². The standard InChI is InChI=1S/C15H15ClF3N3O2S2/c1-2-9-7-10(26(23,24)12-6-4-3-5-11(12)16)8-22(9)14-21-20-13(25-14)15(17,18)19/h3-6,9-10H,2,7-8H2,1H3/t9-,10-/m1/s1. The number of benzene rings is 1. The second-order valence-electron chi connectivity index (χ2n) is 5.94. The molecule has 142 valence electrons. The van der Waals surface area contributed by atoms with Crippen LogP contribution < -0.4 is 4.90 Å². The predicted molar refractivity (Wildman–Crippen MR) is 93.4 cm³/mol. The van der Waals surface area contributed by atoms with Crippen LogP contribution in [-0.2, 0) is 16.0 Å². The van der Waals surface area contributed by atoms with Gasteiger partial charge in [-0.05, 0) is 25.0 Å². The summed E-state index contributed by atoms with van der Waals surface area (Å²) in [5.41, 5.74) is 0. The van der Waals surface area contributed by atoms with Crippen molar-refractivity contribution in [2.45, 2.75) is 42.1 Å². The highest BCUT2D eigenvalue weighted by Crippen LogP contribution is 2.39. The molecule has 1 saturated heterocycles. The lowest BCUT2D eigenvalue weighted by molar-refractivity contribution is -0.138. The van der Waals surface area contributed by atoms with E-state index in [1.54, 1.807) is 17.0 Å². The van der Waals surface area contributed by atoms with Crippen molar-refractivity contribution in [3.63, 3.8) is 0 Å². The molecule has 3 rings (SSSR count). The molecule has 2 heterocycles. The zero-order valence-electron chi connectivity index (χ0n) is 13.6. The second-order valence-corrected chi connectivity index (χ2v) is 9.49. The summed E-state index contributed by atoms with van der Waals surface area (Å²) in [4.78, 5) is 1.64. The van der Waals surface area contributed by atoms with Crippen molar-refractivity contribution in [1.82, 2.24) is 10.2 Å². The highest BCUT2D eigenvalue weighted by molar-refractivity contribution is 7.92. The minimum atomic E-state index is -4.57. The van der Waals surface area contributed by atoms with E-state index in [-0.39, 0.29) is 27.6 Å². The Labute approximate surface area is 157 Å². The maximum Gasteiger partial charge on any atom is 0.445 e. The number of hydrogen-bond acceptors (Lipinski definition) is 6. The molecule has 0 amide bonds. The highest BCUT2D eigenvalue weighted by atomic mass is 35.5. The summed E-state index contributed by atoms with van der Waals surface area (Å²) in [5.74, 6) is 0. The summed E-state index contributed by atoms with van der Waals surface area (Å²) < 4.78 is 64.2. The lowest BCUT2D eigenvalue weighted by Gasteiger charge is -2.21. The van der Waals surface area contributed by atoms with Crippen molar-refractivity contribution in [2.24, 2.45) is 0 Å². The SMILES string of the molecule is CC[C@@H]1C[C@@H](S(=O)(=O)c2ccccc2Cl)CN1c1nnc(C(F)(F)F)s1. The molecule has 0 saturated carbocycles. The molecule has 0 unspecified atom stereocenters. The van der Waals surface area contributed by atoms with Gasteiger partial charge in [-0.15, -0.1) is 10.2 Å². The summed E-state index contributed by atoms with van der Waals surface area (Å²) in [7, 11) is -3.71. The van der Waals surface area contributed by atoms with Crippen molar-refractivity contribution in [3.05, 3.63) is 34.3 Å². The molecule has 5 nitrogen and oxygen atoms in total.